The fraction of sp³-hybridized carbons (Fsp3) is 0.550. The van der Waals surface area contributed by atoms with E-state index >= 15 is 0 Å². The van der Waals surface area contributed by atoms with Crippen molar-refractivity contribution in [3.63, 3.8) is 0 Å². The highest BCUT2D eigenvalue weighted by molar-refractivity contribution is 14.0. The van der Waals surface area contributed by atoms with Gasteiger partial charge in [-0.1, -0.05) is 36.4 Å². The van der Waals surface area contributed by atoms with Gasteiger partial charge in [0.05, 0.1) is 4.75 Å². The van der Waals surface area contributed by atoms with E-state index in [-0.39, 0.29) is 24.0 Å². The first-order valence-corrected chi connectivity index (χ1v) is 11.3. The number of hydrogen-bond donors (Lipinski definition) is 1. The Morgan fingerprint density at radius 3 is 2.46 bits per heavy atom. The monoisotopic (exact) mass is 519 g/mol. The quantitative estimate of drug-likeness (QED) is 0.376. The van der Waals surface area contributed by atoms with E-state index in [9.17, 15) is 8.42 Å². The van der Waals surface area contributed by atoms with E-state index in [1.54, 1.807) is 7.05 Å². The van der Waals surface area contributed by atoms with Gasteiger partial charge in [-0.05, 0) is 30.4 Å². The van der Waals surface area contributed by atoms with E-state index in [0.717, 1.165) is 25.5 Å². The van der Waals surface area contributed by atoms with Crippen molar-refractivity contribution in [3.05, 3.63) is 42.0 Å². The lowest BCUT2D eigenvalue weighted by atomic mass is 9.98. The molecule has 2 aliphatic rings. The van der Waals surface area contributed by atoms with Crippen LogP contribution in [-0.4, -0.2) is 70.2 Å². The third kappa shape index (κ3) is 5.27. The molecule has 1 N–H and O–H groups in total. The van der Waals surface area contributed by atoms with Crippen molar-refractivity contribution >= 4 is 45.3 Å². The van der Waals surface area contributed by atoms with E-state index in [0.29, 0.717) is 32.6 Å². The van der Waals surface area contributed by atoms with Crippen molar-refractivity contribution in [1.29, 1.82) is 0 Å². The second-order valence-electron chi connectivity index (χ2n) is 7.26. The zero-order chi connectivity index (χ0) is 19.3. The number of guanidine groups is 1. The number of nitrogens with one attached hydrogen (secondary N) is 1. The van der Waals surface area contributed by atoms with Gasteiger partial charge in [0.25, 0.3) is 0 Å². The number of sulfone groups is 1. The van der Waals surface area contributed by atoms with E-state index in [1.807, 2.05) is 6.07 Å². The predicted molar refractivity (Wildman–Crippen MR) is 125 cm³/mol. The van der Waals surface area contributed by atoms with Crippen LogP contribution in [0.3, 0.4) is 0 Å². The molecule has 0 saturated carbocycles. The second-order valence-corrected chi connectivity index (χ2v) is 9.67. The average molecular weight is 519 g/mol. The molecule has 2 heterocycles. The number of aliphatic imine (C=N–C) groups is 1. The number of benzene rings is 1. The number of hydrogen-bond acceptors (Lipinski definition) is 4. The molecule has 1 saturated heterocycles. The molecule has 6 nitrogen and oxygen atoms in total. The lowest BCUT2D eigenvalue weighted by Crippen LogP contribution is -2.54. The Kier molecular flexibility index (Phi) is 8.32. The van der Waals surface area contributed by atoms with E-state index in [2.05, 4.69) is 45.6 Å². The minimum Gasteiger partial charge on any atom is -0.381 e. The molecule has 28 heavy (non-hydrogen) atoms. The van der Waals surface area contributed by atoms with Gasteiger partial charge in [-0.15, -0.1) is 24.0 Å². The molecule has 0 bridgehead atoms. The summed E-state index contributed by atoms with van der Waals surface area (Å²) in [5, 5.41) is 3.32. The highest BCUT2D eigenvalue weighted by Gasteiger charge is 2.42. The Hall–Kier alpha value is -1.13. The van der Waals surface area contributed by atoms with Crippen LogP contribution in [0.25, 0.3) is 5.57 Å². The van der Waals surface area contributed by atoms with Crippen LogP contribution in [0, 0.1) is 0 Å². The fourth-order valence-corrected chi connectivity index (χ4v) is 5.01. The molecular weight excluding hydrogens is 489 g/mol. The van der Waals surface area contributed by atoms with Crippen LogP contribution in [0.5, 0.6) is 0 Å². The van der Waals surface area contributed by atoms with Crippen LogP contribution >= 0.6 is 24.0 Å². The van der Waals surface area contributed by atoms with Crippen LogP contribution in [0.15, 0.2) is 41.4 Å². The molecule has 2 aliphatic heterocycles. The maximum absolute atomic E-state index is 12.4. The van der Waals surface area contributed by atoms with Crippen LogP contribution < -0.4 is 5.32 Å². The van der Waals surface area contributed by atoms with Crippen molar-refractivity contribution in [2.24, 2.45) is 4.99 Å². The SMILES string of the molecule is CN=C(NCC1(S(C)(=O)=O)CCOCC1)N1CC=C(c2ccccc2)CC1.I. The highest BCUT2D eigenvalue weighted by atomic mass is 127. The maximum atomic E-state index is 12.4. The summed E-state index contributed by atoms with van der Waals surface area (Å²) in [7, 11) is -1.45. The van der Waals surface area contributed by atoms with Gasteiger partial charge in [0.15, 0.2) is 15.8 Å². The lowest BCUT2D eigenvalue weighted by molar-refractivity contribution is 0.0754. The highest BCUT2D eigenvalue weighted by Crippen LogP contribution is 2.29. The maximum Gasteiger partial charge on any atom is 0.193 e. The molecule has 1 fully saturated rings. The summed E-state index contributed by atoms with van der Waals surface area (Å²) < 4.78 is 29.5. The molecular formula is C20H30IN3O3S. The second kappa shape index (κ2) is 10.1. The molecule has 0 spiro atoms. The van der Waals surface area contributed by atoms with Crippen LogP contribution in [-0.2, 0) is 14.6 Å². The van der Waals surface area contributed by atoms with E-state index < -0.39 is 14.6 Å². The minimum atomic E-state index is -3.19. The molecule has 1 aromatic rings. The molecule has 8 heteroatoms. The zero-order valence-corrected chi connectivity index (χ0v) is 19.7. The van der Waals surface area contributed by atoms with Crippen molar-refractivity contribution in [1.82, 2.24) is 10.2 Å². The first-order valence-electron chi connectivity index (χ1n) is 9.43. The molecule has 0 amide bonds. The topological polar surface area (TPSA) is 71.0 Å². The molecule has 0 radical (unpaired) electrons. The normalized spacial score (nSPS) is 20.1. The largest absolute Gasteiger partial charge is 0.381 e. The summed E-state index contributed by atoms with van der Waals surface area (Å²) in [5.41, 5.74) is 2.61. The van der Waals surface area contributed by atoms with Crippen LogP contribution in [0.2, 0.25) is 0 Å². The van der Waals surface area contributed by atoms with Crippen molar-refractivity contribution in [2.75, 3.05) is 46.2 Å². The van der Waals surface area contributed by atoms with E-state index in [1.165, 1.54) is 17.4 Å². The van der Waals surface area contributed by atoms with Gasteiger partial charge >= 0.3 is 0 Å². The van der Waals surface area contributed by atoms with Gasteiger partial charge in [0, 0.05) is 46.2 Å². The molecule has 1 aromatic carbocycles. The smallest absolute Gasteiger partial charge is 0.193 e. The zero-order valence-electron chi connectivity index (χ0n) is 16.6. The minimum absolute atomic E-state index is 0. The molecule has 0 aromatic heterocycles. The van der Waals surface area contributed by atoms with Crippen LogP contribution in [0.1, 0.15) is 24.8 Å². The summed E-state index contributed by atoms with van der Waals surface area (Å²) in [6.07, 6.45) is 5.54. The molecule has 3 rings (SSSR count). The fourth-order valence-electron chi connectivity index (χ4n) is 3.77. The van der Waals surface area contributed by atoms with Crippen LogP contribution in [0.4, 0.5) is 0 Å². The summed E-state index contributed by atoms with van der Waals surface area (Å²) in [4.78, 5) is 6.55. The lowest BCUT2D eigenvalue weighted by Gasteiger charge is -2.37. The molecule has 0 aliphatic carbocycles. The first kappa shape index (κ1) is 23.2. The van der Waals surface area contributed by atoms with Crippen molar-refractivity contribution < 1.29 is 13.2 Å². The predicted octanol–water partition coefficient (Wildman–Crippen LogP) is 2.56. The van der Waals surface area contributed by atoms with Crippen molar-refractivity contribution in [3.8, 4) is 0 Å². The number of nitrogens with zero attached hydrogens (tertiary/aromatic N) is 2. The summed E-state index contributed by atoms with van der Waals surface area (Å²) >= 11 is 0. The summed E-state index contributed by atoms with van der Waals surface area (Å²) in [5.74, 6) is 0.757. The summed E-state index contributed by atoms with van der Waals surface area (Å²) in [6.45, 7) is 2.96. The molecule has 0 unspecified atom stereocenters. The third-order valence-corrected chi connectivity index (χ3v) is 7.75. The third-order valence-electron chi connectivity index (χ3n) is 5.62. The standard InChI is InChI=1S/C20H29N3O3S.HI/c1-21-19(22-16-20(27(2,24)25)10-14-26-15-11-20)23-12-8-18(9-13-23)17-6-4-3-5-7-17;/h3-8H,9-16H2,1-2H3,(H,21,22);1H. The Labute approximate surface area is 185 Å². The molecule has 0 atom stereocenters. The van der Waals surface area contributed by atoms with Gasteiger partial charge in [0.1, 0.15) is 0 Å². The van der Waals surface area contributed by atoms with Gasteiger partial charge in [0.2, 0.25) is 0 Å². The number of halogens is 1. The van der Waals surface area contributed by atoms with Crippen molar-refractivity contribution in [2.45, 2.75) is 24.0 Å². The van der Waals surface area contributed by atoms with Gasteiger partial charge in [-0.3, -0.25) is 4.99 Å². The summed E-state index contributed by atoms with van der Waals surface area (Å²) in [6, 6.07) is 10.4. The Morgan fingerprint density at radius 2 is 1.93 bits per heavy atom. The Bertz CT molecular complexity index is 803. The number of ether oxygens (including phenoxy) is 1. The Balaban J connectivity index is 0.00000280. The Morgan fingerprint density at radius 1 is 1.25 bits per heavy atom. The van der Waals surface area contributed by atoms with Gasteiger partial charge in [-0.2, -0.15) is 0 Å². The number of rotatable bonds is 4. The average Bonchev–Trinajstić information content (AvgIpc) is 2.69. The van der Waals surface area contributed by atoms with Gasteiger partial charge < -0.3 is 15.0 Å². The molecule has 156 valence electrons. The van der Waals surface area contributed by atoms with Gasteiger partial charge in [-0.25, -0.2) is 8.42 Å². The first-order chi connectivity index (χ1) is 13.0. The van der Waals surface area contributed by atoms with E-state index in [4.69, 9.17) is 4.74 Å².